The molecule has 6 nitrogen and oxygen atoms in total. The molecule has 0 amide bonds. The Hall–Kier alpha value is -2.99. The molecule has 0 saturated carbocycles. The Balaban J connectivity index is 1.63. The Morgan fingerprint density at radius 3 is 2.80 bits per heavy atom. The molecule has 0 fully saturated rings. The van der Waals surface area contributed by atoms with E-state index in [4.69, 9.17) is 16.3 Å². The summed E-state index contributed by atoms with van der Waals surface area (Å²) in [5.74, 6) is 2.71. The molecule has 0 saturated heterocycles. The normalized spacial score (nSPS) is 11.0. The van der Waals surface area contributed by atoms with Crippen molar-refractivity contribution in [1.82, 2.24) is 20.2 Å². The predicted molar refractivity (Wildman–Crippen MR) is 98.3 cm³/mol. The molecule has 4 aromatic rings. The van der Waals surface area contributed by atoms with Gasteiger partial charge in [-0.25, -0.2) is 0 Å². The Morgan fingerprint density at radius 2 is 1.96 bits per heavy atom. The minimum atomic E-state index is 0.451. The smallest absolute Gasteiger partial charge is 0.242 e. The highest BCUT2D eigenvalue weighted by atomic mass is 35.5. The van der Waals surface area contributed by atoms with Crippen molar-refractivity contribution in [2.75, 3.05) is 5.32 Å². The molecule has 25 heavy (non-hydrogen) atoms. The fourth-order valence-electron chi connectivity index (χ4n) is 2.65. The van der Waals surface area contributed by atoms with E-state index in [0.717, 1.165) is 28.0 Å². The average molecular weight is 354 g/mol. The van der Waals surface area contributed by atoms with Crippen LogP contribution in [-0.2, 0) is 6.54 Å². The molecule has 0 unspecified atom stereocenters. The van der Waals surface area contributed by atoms with Gasteiger partial charge in [-0.05, 0) is 31.2 Å². The minimum Gasteiger partial charge on any atom is -0.455 e. The van der Waals surface area contributed by atoms with Crippen molar-refractivity contribution in [3.8, 4) is 11.5 Å². The first kappa shape index (κ1) is 15.5. The van der Waals surface area contributed by atoms with E-state index in [1.807, 2.05) is 55.6 Å². The second kappa shape index (κ2) is 6.49. The number of nitrogens with zero attached hydrogens (tertiary/aromatic N) is 2. The highest BCUT2D eigenvalue weighted by molar-refractivity contribution is 6.31. The van der Waals surface area contributed by atoms with Gasteiger partial charge in [-0.1, -0.05) is 29.8 Å². The molecule has 0 bridgehead atoms. The van der Waals surface area contributed by atoms with Crippen molar-refractivity contribution in [2.24, 2.45) is 0 Å². The van der Waals surface area contributed by atoms with E-state index in [9.17, 15) is 0 Å². The van der Waals surface area contributed by atoms with Gasteiger partial charge in [0.1, 0.15) is 11.6 Å². The Bertz CT molecular complexity index is 1020. The zero-order chi connectivity index (χ0) is 17.2. The molecule has 4 rings (SSSR count). The molecule has 2 aromatic heterocycles. The number of fused-ring (bicyclic) bond motifs is 1. The van der Waals surface area contributed by atoms with Crippen LogP contribution in [-0.4, -0.2) is 20.2 Å². The largest absolute Gasteiger partial charge is 0.455 e. The second-order valence-electron chi connectivity index (χ2n) is 5.61. The summed E-state index contributed by atoms with van der Waals surface area (Å²) in [6.45, 7) is 2.30. The molecule has 0 atom stereocenters. The van der Waals surface area contributed by atoms with Crippen LogP contribution in [0.15, 0.2) is 48.7 Å². The van der Waals surface area contributed by atoms with Crippen molar-refractivity contribution < 1.29 is 4.74 Å². The van der Waals surface area contributed by atoms with E-state index in [0.29, 0.717) is 23.3 Å². The quantitative estimate of drug-likeness (QED) is 0.488. The highest BCUT2D eigenvalue weighted by Crippen LogP contribution is 2.34. The molecule has 3 N–H and O–H groups in total. The van der Waals surface area contributed by atoms with E-state index in [2.05, 4.69) is 25.5 Å². The van der Waals surface area contributed by atoms with E-state index in [1.54, 1.807) is 0 Å². The molecule has 126 valence electrons. The number of para-hydroxylation sites is 1. The summed E-state index contributed by atoms with van der Waals surface area (Å²) in [7, 11) is 0. The minimum absolute atomic E-state index is 0.451. The Labute approximate surface area is 149 Å². The van der Waals surface area contributed by atoms with Crippen LogP contribution in [0.5, 0.6) is 11.5 Å². The summed E-state index contributed by atoms with van der Waals surface area (Å²) in [5.41, 5.74) is 1.79. The summed E-state index contributed by atoms with van der Waals surface area (Å²) in [5, 5.41) is 11.7. The first-order valence-electron chi connectivity index (χ1n) is 7.85. The Kier molecular flexibility index (Phi) is 4.03. The molecule has 0 aliphatic carbocycles. The molecule has 0 aliphatic rings. The van der Waals surface area contributed by atoms with Gasteiger partial charge in [-0.2, -0.15) is 4.98 Å². The maximum Gasteiger partial charge on any atom is 0.242 e. The van der Waals surface area contributed by atoms with Crippen molar-refractivity contribution in [3.63, 3.8) is 0 Å². The number of anilines is 1. The molecule has 0 aliphatic heterocycles. The molecule has 0 spiro atoms. The lowest BCUT2D eigenvalue weighted by atomic mass is 10.2. The topological polar surface area (TPSA) is 78.6 Å². The van der Waals surface area contributed by atoms with Gasteiger partial charge in [0.05, 0.1) is 5.52 Å². The molecule has 7 heteroatoms. The van der Waals surface area contributed by atoms with Gasteiger partial charge < -0.3 is 15.0 Å². The molecule has 2 aromatic carbocycles. The number of nitrogens with one attached hydrogen (secondary N) is 3. The number of aromatic nitrogens is 4. The number of aromatic amines is 2. The van der Waals surface area contributed by atoms with Crippen LogP contribution in [0.1, 0.15) is 11.4 Å². The number of aryl methyl sites for hydroxylation is 1. The third-order valence-electron chi connectivity index (χ3n) is 3.87. The third-order valence-corrected chi connectivity index (χ3v) is 4.22. The number of rotatable bonds is 5. The van der Waals surface area contributed by atoms with Gasteiger partial charge >= 0.3 is 0 Å². The van der Waals surface area contributed by atoms with E-state index < -0.39 is 0 Å². The number of halogens is 1. The predicted octanol–water partition coefficient (Wildman–Crippen LogP) is 4.65. The number of benzene rings is 2. The van der Waals surface area contributed by atoms with E-state index >= 15 is 0 Å². The number of ether oxygens (including phenoxy) is 1. The van der Waals surface area contributed by atoms with Crippen molar-refractivity contribution in [2.45, 2.75) is 13.5 Å². The molecule has 2 heterocycles. The zero-order valence-corrected chi connectivity index (χ0v) is 14.3. The first-order chi connectivity index (χ1) is 12.2. The maximum atomic E-state index is 6.39. The van der Waals surface area contributed by atoms with Gasteiger partial charge in [-0.3, -0.25) is 5.10 Å². The van der Waals surface area contributed by atoms with E-state index in [1.165, 1.54) is 0 Å². The molecular formula is C18H16ClN5O. The fourth-order valence-corrected chi connectivity index (χ4v) is 2.89. The number of hydrogen-bond donors (Lipinski definition) is 3. The van der Waals surface area contributed by atoms with Crippen LogP contribution < -0.4 is 10.1 Å². The average Bonchev–Trinajstić information content (AvgIpc) is 3.24. The van der Waals surface area contributed by atoms with Crippen molar-refractivity contribution in [1.29, 1.82) is 0 Å². The number of H-pyrrole nitrogens is 2. The van der Waals surface area contributed by atoms with E-state index in [-0.39, 0.29) is 0 Å². The number of hydrogen-bond acceptors (Lipinski definition) is 4. The molecular weight excluding hydrogens is 338 g/mol. The SMILES string of the molecule is Cc1nc(NCc2c(Cl)cccc2Oc2cccc3cc[nH]c23)n[nH]1. The first-order valence-corrected chi connectivity index (χ1v) is 8.23. The zero-order valence-electron chi connectivity index (χ0n) is 13.5. The lowest BCUT2D eigenvalue weighted by Gasteiger charge is -2.13. The summed E-state index contributed by atoms with van der Waals surface area (Å²) in [6, 6.07) is 13.5. The standard InChI is InChI=1S/C18H16ClN5O/c1-11-22-18(24-23-11)21-10-13-14(19)5-3-6-15(13)25-16-7-2-4-12-8-9-20-17(12)16/h2-9,20H,10H2,1H3,(H2,21,22,23,24). The lowest BCUT2D eigenvalue weighted by Crippen LogP contribution is -2.04. The lowest BCUT2D eigenvalue weighted by molar-refractivity contribution is 0.481. The van der Waals surface area contributed by atoms with Crippen LogP contribution in [0.4, 0.5) is 5.95 Å². The monoisotopic (exact) mass is 353 g/mol. The summed E-state index contributed by atoms with van der Waals surface area (Å²) >= 11 is 6.39. The van der Waals surface area contributed by atoms with Crippen LogP contribution >= 0.6 is 11.6 Å². The van der Waals surface area contributed by atoms with Crippen LogP contribution in [0.2, 0.25) is 5.02 Å². The van der Waals surface area contributed by atoms with Gasteiger partial charge in [0.25, 0.3) is 0 Å². The summed E-state index contributed by atoms with van der Waals surface area (Å²) < 4.78 is 6.15. The molecule has 0 radical (unpaired) electrons. The maximum absolute atomic E-state index is 6.39. The van der Waals surface area contributed by atoms with Gasteiger partial charge in [0.2, 0.25) is 5.95 Å². The summed E-state index contributed by atoms with van der Waals surface area (Å²) in [4.78, 5) is 7.44. The summed E-state index contributed by atoms with van der Waals surface area (Å²) in [6.07, 6.45) is 1.89. The van der Waals surface area contributed by atoms with Crippen LogP contribution in [0.3, 0.4) is 0 Å². The van der Waals surface area contributed by atoms with Crippen molar-refractivity contribution >= 4 is 28.5 Å². The van der Waals surface area contributed by atoms with Crippen LogP contribution in [0.25, 0.3) is 10.9 Å². The van der Waals surface area contributed by atoms with Crippen LogP contribution in [0, 0.1) is 6.92 Å². The third kappa shape index (κ3) is 3.16. The van der Waals surface area contributed by atoms with Gasteiger partial charge in [0.15, 0.2) is 5.75 Å². The van der Waals surface area contributed by atoms with Gasteiger partial charge in [0, 0.05) is 28.7 Å². The van der Waals surface area contributed by atoms with Crippen molar-refractivity contribution in [3.05, 3.63) is 65.1 Å². The second-order valence-corrected chi connectivity index (χ2v) is 6.02. The Morgan fingerprint density at radius 1 is 1.12 bits per heavy atom. The highest BCUT2D eigenvalue weighted by Gasteiger charge is 2.12. The fraction of sp³-hybridized carbons (Fsp3) is 0.111. The van der Waals surface area contributed by atoms with Gasteiger partial charge in [-0.15, -0.1) is 5.10 Å².